The Morgan fingerprint density at radius 1 is 1.25 bits per heavy atom. The van der Waals surface area contributed by atoms with Crippen LogP contribution in [0.4, 0.5) is 5.13 Å². The highest BCUT2D eigenvalue weighted by atomic mass is 32.1. The first-order valence-electron chi connectivity index (χ1n) is 5.85. The highest BCUT2D eigenvalue weighted by Gasteiger charge is 2.15. The van der Waals surface area contributed by atoms with Crippen molar-refractivity contribution in [2.45, 2.75) is 6.92 Å². The second kappa shape index (κ2) is 5.48. The Balaban J connectivity index is 1.78. The number of benzene rings is 1. The minimum absolute atomic E-state index is 0.216. The average molecular weight is 302 g/mol. The van der Waals surface area contributed by atoms with Gasteiger partial charge in [-0.05, 0) is 18.5 Å². The van der Waals surface area contributed by atoms with Gasteiger partial charge >= 0.3 is 0 Å². The fraction of sp³-hybridized carbons (Fsp3) is 0.0769. The summed E-state index contributed by atoms with van der Waals surface area (Å²) in [6.07, 6.45) is 0. The lowest BCUT2D eigenvalue weighted by molar-refractivity contribution is 0.103. The van der Waals surface area contributed by atoms with Crippen molar-refractivity contribution >= 4 is 33.9 Å². The fourth-order valence-electron chi connectivity index (χ4n) is 1.67. The van der Waals surface area contributed by atoms with Crippen molar-refractivity contribution in [2.75, 3.05) is 5.32 Å². The van der Waals surface area contributed by atoms with Gasteiger partial charge < -0.3 is 0 Å². The molecule has 3 aromatic rings. The zero-order valence-electron chi connectivity index (χ0n) is 10.5. The summed E-state index contributed by atoms with van der Waals surface area (Å²) in [5.74, 6) is -0.216. The molecule has 0 aliphatic carbocycles. The molecule has 2 heterocycles. The van der Waals surface area contributed by atoms with E-state index < -0.39 is 0 Å². The van der Waals surface area contributed by atoms with Crippen LogP contribution in [0, 0.1) is 6.92 Å². The monoisotopic (exact) mass is 302 g/mol. The molecule has 0 radical (unpaired) electrons. The highest BCUT2D eigenvalue weighted by Crippen LogP contribution is 2.25. The molecular weight excluding hydrogens is 292 g/mol. The number of rotatable bonds is 3. The van der Waals surface area contributed by atoms with E-state index in [9.17, 15) is 4.79 Å². The van der Waals surface area contributed by atoms with Gasteiger partial charge in [0, 0.05) is 10.9 Å². The summed E-state index contributed by atoms with van der Waals surface area (Å²) in [5, 5.41) is 9.09. The van der Waals surface area contributed by atoms with Crippen LogP contribution in [0.25, 0.3) is 11.3 Å². The lowest BCUT2D eigenvalue weighted by atomic mass is 10.2. The molecule has 0 spiro atoms. The van der Waals surface area contributed by atoms with Crippen LogP contribution >= 0.6 is 22.9 Å². The molecular formula is C13H10N4OS2. The smallest absolute Gasteiger partial charge is 0.271 e. The molecule has 1 amide bonds. The number of carbonyl (C=O) groups is 1. The lowest BCUT2D eigenvalue weighted by Gasteiger charge is -1.98. The van der Waals surface area contributed by atoms with Crippen molar-refractivity contribution in [3.63, 3.8) is 0 Å². The molecule has 0 atom stereocenters. The first-order chi connectivity index (χ1) is 9.74. The minimum Gasteiger partial charge on any atom is -0.297 e. The molecule has 5 nitrogen and oxygen atoms in total. The van der Waals surface area contributed by atoms with Gasteiger partial charge in [-0.25, -0.2) is 4.98 Å². The van der Waals surface area contributed by atoms with E-state index >= 15 is 0 Å². The second-order valence-electron chi connectivity index (χ2n) is 4.05. The molecule has 7 heteroatoms. The molecule has 0 unspecified atom stereocenters. The largest absolute Gasteiger partial charge is 0.297 e. The van der Waals surface area contributed by atoms with Crippen LogP contribution in [-0.4, -0.2) is 20.5 Å². The lowest BCUT2D eigenvalue weighted by Crippen LogP contribution is -2.11. The Morgan fingerprint density at radius 2 is 2.05 bits per heavy atom. The van der Waals surface area contributed by atoms with E-state index in [-0.39, 0.29) is 5.91 Å². The van der Waals surface area contributed by atoms with E-state index in [1.54, 1.807) is 6.92 Å². The first-order valence-corrected chi connectivity index (χ1v) is 7.50. The van der Waals surface area contributed by atoms with Crippen LogP contribution in [-0.2, 0) is 0 Å². The molecule has 20 heavy (non-hydrogen) atoms. The molecule has 1 aromatic carbocycles. The zero-order valence-corrected chi connectivity index (χ0v) is 12.2. The fourth-order valence-corrected chi connectivity index (χ4v) is 2.93. The summed E-state index contributed by atoms with van der Waals surface area (Å²) in [4.78, 5) is 17.0. The standard InChI is InChI=1S/C13H10N4OS2/c1-8-11(20-17-16-8)12(18)15-13-14-10(7-19-13)9-5-3-2-4-6-9/h2-7H,1H3,(H,14,15,18). The number of carbonyl (C=O) groups excluding carboxylic acids is 1. The summed E-state index contributed by atoms with van der Waals surface area (Å²) in [6.45, 7) is 1.76. The summed E-state index contributed by atoms with van der Waals surface area (Å²) in [5.41, 5.74) is 2.51. The first kappa shape index (κ1) is 12.9. The number of hydrogen-bond donors (Lipinski definition) is 1. The van der Waals surface area contributed by atoms with Crippen molar-refractivity contribution in [3.05, 3.63) is 46.3 Å². The number of aromatic nitrogens is 3. The molecule has 0 saturated heterocycles. The third-order valence-electron chi connectivity index (χ3n) is 2.65. The quantitative estimate of drug-likeness (QED) is 0.806. The number of nitrogens with one attached hydrogen (secondary N) is 1. The van der Waals surface area contributed by atoms with E-state index in [0.29, 0.717) is 15.7 Å². The van der Waals surface area contributed by atoms with Crippen LogP contribution in [0.5, 0.6) is 0 Å². The number of nitrogens with zero attached hydrogens (tertiary/aromatic N) is 3. The van der Waals surface area contributed by atoms with Gasteiger partial charge in [-0.2, -0.15) is 0 Å². The number of amides is 1. The Kier molecular flexibility index (Phi) is 3.53. The third kappa shape index (κ3) is 2.59. The average Bonchev–Trinajstić information content (AvgIpc) is 3.09. The van der Waals surface area contributed by atoms with E-state index in [1.807, 2.05) is 35.7 Å². The Morgan fingerprint density at radius 3 is 2.75 bits per heavy atom. The zero-order chi connectivity index (χ0) is 13.9. The maximum absolute atomic E-state index is 12.0. The SMILES string of the molecule is Cc1nnsc1C(=O)Nc1nc(-c2ccccc2)cs1. The summed E-state index contributed by atoms with van der Waals surface area (Å²) in [6, 6.07) is 9.84. The van der Waals surface area contributed by atoms with Gasteiger partial charge in [0.15, 0.2) is 5.13 Å². The third-order valence-corrected chi connectivity index (χ3v) is 4.24. The molecule has 0 aliphatic rings. The van der Waals surface area contributed by atoms with Gasteiger partial charge in [0.1, 0.15) is 4.88 Å². The van der Waals surface area contributed by atoms with Crippen molar-refractivity contribution < 1.29 is 4.79 Å². The van der Waals surface area contributed by atoms with Crippen LogP contribution in [0.3, 0.4) is 0 Å². The molecule has 100 valence electrons. The Bertz CT molecular complexity index is 736. The maximum atomic E-state index is 12.0. The van der Waals surface area contributed by atoms with Crippen LogP contribution in [0.2, 0.25) is 0 Å². The molecule has 0 bridgehead atoms. The van der Waals surface area contributed by atoms with Crippen LogP contribution in [0.15, 0.2) is 35.7 Å². The molecule has 3 rings (SSSR count). The predicted molar refractivity (Wildman–Crippen MR) is 80.1 cm³/mol. The van der Waals surface area contributed by atoms with Crippen molar-refractivity contribution in [2.24, 2.45) is 0 Å². The summed E-state index contributed by atoms with van der Waals surface area (Å²) < 4.78 is 3.75. The van der Waals surface area contributed by atoms with Crippen LogP contribution in [0.1, 0.15) is 15.4 Å². The Labute approximate surface area is 123 Å². The van der Waals surface area contributed by atoms with E-state index in [1.165, 1.54) is 11.3 Å². The van der Waals surface area contributed by atoms with Gasteiger partial charge in [-0.15, -0.1) is 16.4 Å². The van der Waals surface area contributed by atoms with Crippen molar-refractivity contribution in [1.29, 1.82) is 0 Å². The van der Waals surface area contributed by atoms with Gasteiger partial charge in [-0.1, -0.05) is 34.8 Å². The number of thiazole rings is 1. The maximum Gasteiger partial charge on any atom is 0.271 e. The second-order valence-corrected chi connectivity index (χ2v) is 5.66. The number of hydrogen-bond acceptors (Lipinski definition) is 6. The molecule has 0 saturated carbocycles. The highest BCUT2D eigenvalue weighted by molar-refractivity contribution is 7.14. The van der Waals surface area contributed by atoms with E-state index in [0.717, 1.165) is 22.8 Å². The van der Waals surface area contributed by atoms with Gasteiger partial charge in [-0.3, -0.25) is 10.1 Å². The molecule has 0 fully saturated rings. The summed E-state index contributed by atoms with van der Waals surface area (Å²) >= 11 is 2.48. The molecule has 0 aliphatic heterocycles. The topological polar surface area (TPSA) is 67.8 Å². The normalized spacial score (nSPS) is 10.4. The van der Waals surface area contributed by atoms with Gasteiger partial charge in [0.2, 0.25) is 0 Å². The Hall–Kier alpha value is -2.12. The van der Waals surface area contributed by atoms with E-state index in [4.69, 9.17) is 0 Å². The predicted octanol–water partition coefficient (Wildman–Crippen LogP) is 3.22. The van der Waals surface area contributed by atoms with Crippen LogP contribution < -0.4 is 5.32 Å². The molecule has 1 N–H and O–H groups in total. The van der Waals surface area contributed by atoms with E-state index in [2.05, 4.69) is 19.9 Å². The van der Waals surface area contributed by atoms with Crippen molar-refractivity contribution in [3.8, 4) is 11.3 Å². The minimum atomic E-state index is -0.216. The number of anilines is 1. The summed E-state index contributed by atoms with van der Waals surface area (Å²) in [7, 11) is 0. The molecule has 2 aromatic heterocycles. The van der Waals surface area contributed by atoms with Gasteiger partial charge in [0.05, 0.1) is 11.4 Å². The van der Waals surface area contributed by atoms with Gasteiger partial charge in [0.25, 0.3) is 5.91 Å². The van der Waals surface area contributed by atoms with Crippen molar-refractivity contribution in [1.82, 2.24) is 14.6 Å². The number of aryl methyl sites for hydroxylation is 1.